The predicted molar refractivity (Wildman–Crippen MR) is 82.1 cm³/mol. The Kier molecular flexibility index (Phi) is 4.77. The number of nitrogens with one attached hydrogen (secondary N) is 2. The summed E-state index contributed by atoms with van der Waals surface area (Å²) >= 11 is 0.945. The number of rotatable bonds is 5. The zero-order valence-corrected chi connectivity index (χ0v) is 13.5. The van der Waals surface area contributed by atoms with Crippen LogP contribution in [0.15, 0.2) is 29.2 Å². The van der Waals surface area contributed by atoms with Gasteiger partial charge in [0.05, 0.1) is 10.6 Å². The maximum atomic E-state index is 12.8. The number of hydrogen-bond acceptors (Lipinski definition) is 5. The van der Waals surface area contributed by atoms with Crippen LogP contribution >= 0.6 is 11.3 Å². The van der Waals surface area contributed by atoms with Crippen LogP contribution < -0.4 is 10.0 Å². The van der Waals surface area contributed by atoms with Crippen molar-refractivity contribution in [3.8, 4) is 0 Å². The summed E-state index contributed by atoms with van der Waals surface area (Å²) in [7, 11) is -3.87. The fraction of sp³-hybridized carbons (Fsp3) is 0.231. The van der Waals surface area contributed by atoms with E-state index in [0.717, 1.165) is 35.6 Å². The molecule has 0 unspecified atom stereocenters. The number of hydrogen-bond donors (Lipinski definition) is 2. The quantitative estimate of drug-likeness (QED) is 0.870. The largest absolute Gasteiger partial charge is 0.352 e. The van der Waals surface area contributed by atoms with Crippen molar-refractivity contribution in [3.05, 3.63) is 40.7 Å². The summed E-state index contributed by atoms with van der Waals surface area (Å²) in [5, 5.41) is 2.72. The monoisotopic (exact) mass is 343 g/mol. The molecule has 0 fully saturated rings. The minimum absolute atomic E-state index is 0.0821. The SMILES string of the molecule is CCNC(=O)c1sc(NS(=O)(=O)c2ccc(F)cc2)nc1C. The van der Waals surface area contributed by atoms with E-state index in [1.54, 1.807) is 13.8 Å². The predicted octanol–water partition coefficient (Wildman–Crippen LogP) is 2.14. The van der Waals surface area contributed by atoms with Gasteiger partial charge in [0.2, 0.25) is 0 Å². The van der Waals surface area contributed by atoms with E-state index >= 15 is 0 Å². The number of aromatic nitrogens is 1. The third-order valence-electron chi connectivity index (χ3n) is 2.69. The molecule has 0 saturated carbocycles. The molecule has 22 heavy (non-hydrogen) atoms. The van der Waals surface area contributed by atoms with E-state index in [1.807, 2.05) is 0 Å². The molecule has 1 heterocycles. The second kappa shape index (κ2) is 6.41. The summed E-state index contributed by atoms with van der Waals surface area (Å²) in [5.41, 5.74) is 0.438. The molecule has 0 bridgehead atoms. The first-order chi connectivity index (χ1) is 10.3. The van der Waals surface area contributed by atoms with Gasteiger partial charge in [0, 0.05) is 6.54 Å². The van der Waals surface area contributed by atoms with Gasteiger partial charge < -0.3 is 5.32 Å². The number of nitrogens with zero attached hydrogens (tertiary/aromatic N) is 1. The normalized spacial score (nSPS) is 11.2. The smallest absolute Gasteiger partial charge is 0.263 e. The fourth-order valence-electron chi connectivity index (χ4n) is 1.68. The maximum absolute atomic E-state index is 12.8. The highest BCUT2D eigenvalue weighted by Gasteiger charge is 2.20. The van der Waals surface area contributed by atoms with Crippen molar-refractivity contribution in [1.82, 2.24) is 10.3 Å². The Balaban J connectivity index is 2.25. The molecule has 2 rings (SSSR count). The van der Waals surface area contributed by atoms with E-state index in [-0.39, 0.29) is 15.9 Å². The third-order valence-corrected chi connectivity index (χ3v) is 5.24. The van der Waals surface area contributed by atoms with E-state index < -0.39 is 15.8 Å². The number of amides is 1. The van der Waals surface area contributed by atoms with Gasteiger partial charge in [-0.2, -0.15) is 0 Å². The Bertz CT molecular complexity index is 785. The highest BCUT2D eigenvalue weighted by Crippen LogP contribution is 2.25. The standard InChI is InChI=1S/C13H14FN3O3S2/c1-3-15-12(18)11-8(2)16-13(21-11)17-22(19,20)10-6-4-9(14)5-7-10/h4-7H,3H2,1-2H3,(H,15,18)(H,16,17). The number of sulfonamides is 1. The van der Waals surface area contributed by atoms with E-state index in [4.69, 9.17) is 0 Å². The summed E-state index contributed by atoms with van der Waals surface area (Å²) in [6.07, 6.45) is 0. The summed E-state index contributed by atoms with van der Waals surface area (Å²) in [4.78, 5) is 16.1. The number of anilines is 1. The zero-order chi connectivity index (χ0) is 16.3. The van der Waals surface area contributed by atoms with Crippen LogP contribution in [0.25, 0.3) is 0 Å². The van der Waals surface area contributed by atoms with Gasteiger partial charge in [-0.05, 0) is 38.1 Å². The van der Waals surface area contributed by atoms with Gasteiger partial charge in [-0.15, -0.1) is 0 Å². The Morgan fingerprint density at radius 1 is 1.32 bits per heavy atom. The first-order valence-electron chi connectivity index (χ1n) is 6.37. The van der Waals surface area contributed by atoms with Crippen molar-refractivity contribution in [2.24, 2.45) is 0 Å². The molecule has 0 spiro atoms. The lowest BCUT2D eigenvalue weighted by Crippen LogP contribution is -2.22. The maximum Gasteiger partial charge on any atom is 0.263 e. The van der Waals surface area contributed by atoms with Gasteiger partial charge in [-0.3, -0.25) is 9.52 Å². The van der Waals surface area contributed by atoms with Crippen LogP contribution in [0.3, 0.4) is 0 Å². The molecule has 2 aromatic rings. The zero-order valence-electron chi connectivity index (χ0n) is 11.9. The van der Waals surface area contributed by atoms with Gasteiger partial charge in [-0.25, -0.2) is 17.8 Å². The van der Waals surface area contributed by atoms with Crippen molar-refractivity contribution in [3.63, 3.8) is 0 Å². The van der Waals surface area contributed by atoms with Crippen LogP contribution in [0.4, 0.5) is 9.52 Å². The summed E-state index contributed by atoms with van der Waals surface area (Å²) in [6, 6.07) is 4.43. The number of carbonyl (C=O) groups excluding carboxylic acids is 1. The van der Waals surface area contributed by atoms with Crippen LogP contribution in [-0.2, 0) is 10.0 Å². The molecule has 0 radical (unpaired) electrons. The first kappa shape index (κ1) is 16.4. The van der Waals surface area contributed by atoms with Crippen molar-refractivity contribution >= 4 is 32.4 Å². The van der Waals surface area contributed by atoms with E-state index in [9.17, 15) is 17.6 Å². The Morgan fingerprint density at radius 2 is 1.95 bits per heavy atom. The van der Waals surface area contributed by atoms with Gasteiger partial charge in [0.25, 0.3) is 15.9 Å². The molecule has 0 atom stereocenters. The minimum atomic E-state index is -3.87. The van der Waals surface area contributed by atoms with Crippen LogP contribution in [0.1, 0.15) is 22.3 Å². The van der Waals surface area contributed by atoms with Gasteiger partial charge in [-0.1, -0.05) is 11.3 Å². The lowest BCUT2D eigenvalue weighted by atomic mass is 10.4. The lowest BCUT2D eigenvalue weighted by Gasteiger charge is -2.04. The molecule has 118 valence electrons. The number of halogens is 1. The second-order valence-electron chi connectivity index (χ2n) is 4.35. The van der Waals surface area contributed by atoms with Gasteiger partial charge in [0.1, 0.15) is 10.7 Å². The molecule has 1 amide bonds. The highest BCUT2D eigenvalue weighted by molar-refractivity contribution is 7.93. The fourth-order valence-corrected chi connectivity index (χ4v) is 3.80. The highest BCUT2D eigenvalue weighted by atomic mass is 32.2. The Hall–Kier alpha value is -2.00. The number of benzene rings is 1. The molecular formula is C13H14FN3O3S2. The van der Waals surface area contributed by atoms with Crippen molar-refractivity contribution in [1.29, 1.82) is 0 Å². The van der Waals surface area contributed by atoms with E-state index in [1.165, 1.54) is 0 Å². The summed E-state index contributed by atoms with van der Waals surface area (Å²) < 4.78 is 39.5. The molecule has 0 aliphatic heterocycles. The minimum Gasteiger partial charge on any atom is -0.352 e. The third kappa shape index (κ3) is 3.60. The molecule has 0 saturated heterocycles. The molecular weight excluding hydrogens is 329 g/mol. The molecule has 1 aromatic heterocycles. The van der Waals surface area contributed by atoms with Crippen LogP contribution in [0.5, 0.6) is 0 Å². The Labute approximate surface area is 131 Å². The van der Waals surface area contributed by atoms with Crippen molar-refractivity contribution in [2.45, 2.75) is 18.7 Å². The summed E-state index contributed by atoms with van der Waals surface area (Å²) in [5.74, 6) is -0.827. The van der Waals surface area contributed by atoms with E-state index in [0.29, 0.717) is 17.1 Å². The molecule has 2 N–H and O–H groups in total. The molecule has 9 heteroatoms. The second-order valence-corrected chi connectivity index (χ2v) is 7.03. The lowest BCUT2D eigenvalue weighted by molar-refractivity contribution is 0.0959. The van der Waals surface area contributed by atoms with Gasteiger partial charge in [0.15, 0.2) is 5.13 Å². The van der Waals surface area contributed by atoms with Crippen LogP contribution in [-0.4, -0.2) is 25.9 Å². The molecule has 0 aliphatic carbocycles. The number of thiazole rings is 1. The number of carbonyl (C=O) groups is 1. The van der Waals surface area contributed by atoms with Gasteiger partial charge >= 0.3 is 0 Å². The first-order valence-corrected chi connectivity index (χ1v) is 8.67. The molecule has 1 aromatic carbocycles. The molecule has 6 nitrogen and oxygen atoms in total. The summed E-state index contributed by atoms with van der Waals surface area (Å²) in [6.45, 7) is 3.87. The topological polar surface area (TPSA) is 88.2 Å². The van der Waals surface area contributed by atoms with E-state index in [2.05, 4.69) is 15.0 Å². The van der Waals surface area contributed by atoms with Crippen LogP contribution in [0, 0.1) is 12.7 Å². The Morgan fingerprint density at radius 3 is 2.55 bits per heavy atom. The number of aryl methyl sites for hydroxylation is 1. The van der Waals surface area contributed by atoms with Crippen LogP contribution in [0.2, 0.25) is 0 Å². The van der Waals surface area contributed by atoms with Crippen molar-refractivity contribution < 1.29 is 17.6 Å². The average Bonchev–Trinajstić information content (AvgIpc) is 2.79. The van der Waals surface area contributed by atoms with Crippen molar-refractivity contribution in [2.75, 3.05) is 11.3 Å². The average molecular weight is 343 g/mol. The molecule has 0 aliphatic rings.